The van der Waals surface area contributed by atoms with E-state index in [1.165, 1.54) is 6.33 Å². The predicted molar refractivity (Wildman–Crippen MR) is 176 cm³/mol. The van der Waals surface area contributed by atoms with Crippen LogP contribution in [0, 0.1) is 0 Å². The molecule has 0 amide bonds. The summed E-state index contributed by atoms with van der Waals surface area (Å²) < 4.78 is 14.8. The first-order valence-corrected chi connectivity index (χ1v) is 16.1. The van der Waals surface area contributed by atoms with Crippen molar-refractivity contribution in [1.82, 2.24) is 29.3 Å². The number of ether oxygens (including phenoxy) is 1. The molecule has 0 saturated heterocycles. The van der Waals surface area contributed by atoms with E-state index in [1.54, 1.807) is 13.8 Å². The number of rotatable bonds is 10. The van der Waals surface area contributed by atoms with Crippen LogP contribution in [0.3, 0.4) is 0 Å². The van der Waals surface area contributed by atoms with Gasteiger partial charge in [-0.1, -0.05) is 67.0 Å². The maximum Gasteiger partial charge on any atom is 1.00 e. The second kappa shape index (κ2) is 14.4. The zero-order chi connectivity index (χ0) is 32.6. The molecular weight excluding hydrogens is 624 g/mol. The molecule has 0 spiro atoms. The van der Waals surface area contributed by atoms with Crippen molar-refractivity contribution < 1.29 is 67.2 Å². The normalized spacial score (nSPS) is 19.1. The maximum absolute atomic E-state index is 14.4. The van der Waals surface area contributed by atoms with E-state index < -0.39 is 11.4 Å². The van der Waals surface area contributed by atoms with E-state index in [0.717, 1.165) is 65.6 Å². The largest absolute Gasteiger partial charge is 1.00 e. The van der Waals surface area contributed by atoms with Crippen molar-refractivity contribution in [2.24, 2.45) is 0 Å². The number of nitrogens with one attached hydrogen (secondary N) is 1. The minimum Gasteiger partial charge on any atom is -1.00 e. The SMILES string of the molecule is CCCc1c(Cc2ccc(-c3ccccc3-c3noc(=O)[nH]3)cc2)c(=O)n(C2CCC(C)(OC(C)C(C)(C)O)CC2)c2ncnn12.[H-].[K+]. The zero-order valence-electron chi connectivity index (χ0n) is 29.1. The van der Waals surface area contributed by atoms with Gasteiger partial charge in [0.1, 0.15) is 6.33 Å². The third-order valence-electron chi connectivity index (χ3n) is 9.42. The van der Waals surface area contributed by atoms with Crippen LogP contribution in [0.15, 0.2) is 69.0 Å². The van der Waals surface area contributed by atoms with Gasteiger partial charge in [-0.25, -0.2) is 9.31 Å². The summed E-state index contributed by atoms with van der Waals surface area (Å²) in [6.07, 6.45) is 6.30. The van der Waals surface area contributed by atoms with E-state index >= 15 is 0 Å². The van der Waals surface area contributed by atoms with Gasteiger partial charge < -0.3 is 11.3 Å². The Kier molecular flexibility index (Phi) is 10.9. The van der Waals surface area contributed by atoms with Crippen LogP contribution in [0.4, 0.5) is 0 Å². The van der Waals surface area contributed by atoms with Gasteiger partial charge in [0.15, 0.2) is 5.82 Å². The van der Waals surface area contributed by atoms with E-state index in [0.29, 0.717) is 24.4 Å². The van der Waals surface area contributed by atoms with Crippen LogP contribution in [0.1, 0.15) is 91.0 Å². The van der Waals surface area contributed by atoms with Gasteiger partial charge in [0.05, 0.1) is 23.0 Å². The van der Waals surface area contributed by atoms with Crippen molar-refractivity contribution in [3.63, 3.8) is 0 Å². The molecule has 5 aromatic rings. The van der Waals surface area contributed by atoms with E-state index in [2.05, 4.69) is 34.1 Å². The Bertz CT molecular complexity index is 1950. The fourth-order valence-electron chi connectivity index (χ4n) is 6.53. The Hall–Kier alpha value is -2.71. The summed E-state index contributed by atoms with van der Waals surface area (Å²) in [6.45, 7) is 9.64. The first kappa shape index (κ1) is 35.6. The number of aromatic amines is 1. The minimum absolute atomic E-state index is 0. The zero-order valence-corrected chi connectivity index (χ0v) is 31.2. The number of hydrogen-bond acceptors (Lipinski definition) is 8. The molecule has 1 atom stereocenters. The van der Waals surface area contributed by atoms with Crippen molar-refractivity contribution in [2.45, 2.75) is 103 Å². The molecule has 2 N–H and O–H groups in total. The average Bonchev–Trinajstić information content (AvgIpc) is 3.69. The van der Waals surface area contributed by atoms with Crippen LogP contribution in [-0.2, 0) is 17.6 Å². The number of nitrogens with zero attached hydrogens (tertiary/aromatic N) is 5. The Morgan fingerprint density at radius 3 is 2.43 bits per heavy atom. The fraction of sp³-hybridized carbons (Fsp3) is 0.457. The summed E-state index contributed by atoms with van der Waals surface area (Å²) in [5.41, 5.74) is 3.90. The topological polar surface area (TPSA) is 141 Å². The molecule has 0 bridgehead atoms. The molecule has 11 nitrogen and oxygen atoms in total. The molecule has 0 aliphatic heterocycles. The van der Waals surface area contributed by atoms with Crippen LogP contribution >= 0.6 is 0 Å². The van der Waals surface area contributed by atoms with Gasteiger partial charge in [-0.3, -0.25) is 18.9 Å². The molecular formula is C35H43KN6O5. The standard InChI is InChI=1S/C35H42N6O5.K.H/c1-6-9-29-28(20-23-12-14-24(15-13-23)26-10-7-8-11-27(26)30-38-33(43)46-39-30)31(42)40(32-36-21-37-41(29)32)25-16-18-35(5,19-17-25)45-22(2)34(3,4)44;;/h7-8,10-15,21-22,25,44H,6,9,16-20H2,1-5H3,(H,38,39,43);;/q;+1;-1. The van der Waals surface area contributed by atoms with Gasteiger partial charge in [-0.2, -0.15) is 10.1 Å². The molecule has 1 fully saturated rings. The average molecular weight is 667 g/mol. The second-order valence-electron chi connectivity index (χ2n) is 13.3. The summed E-state index contributed by atoms with van der Waals surface area (Å²) in [5, 5.41) is 18.9. The van der Waals surface area contributed by atoms with Gasteiger partial charge in [-0.15, -0.1) is 0 Å². The van der Waals surface area contributed by atoms with Gasteiger partial charge in [-0.05, 0) is 76.5 Å². The van der Waals surface area contributed by atoms with Crippen LogP contribution in [0.5, 0.6) is 0 Å². The van der Waals surface area contributed by atoms with Crippen molar-refractivity contribution >= 4 is 5.78 Å². The predicted octanol–water partition coefficient (Wildman–Crippen LogP) is 2.61. The minimum atomic E-state index is -0.937. The number of H-pyrrole nitrogens is 1. The third-order valence-corrected chi connectivity index (χ3v) is 9.42. The van der Waals surface area contributed by atoms with E-state index in [1.807, 2.05) is 64.5 Å². The third kappa shape index (κ3) is 7.48. The fourth-order valence-corrected chi connectivity index (χ4v) is 6.53. The van der Waals surface area contributed by atoms with Gasteiger partial charge in [0.2, 0.25) is 5.78 Å². The Balaban J connectivity index is 0.00000260. The van der Waals surface area contributed by atoms with E-state index in [9.17, 15) is 14.7 Å². The molecule has 1 saturated carbocycles. The van der Waals surface area contributed by atoms with Crippen molar-refractivity contribution in [1.29, 1.82) is 0 Å². The quantitative estimate of drug-likeness (QED) is 0.217. The summed E-state index contributed by atoms with van der Waals surface area (Å²) in [5.74, 6) is 0.347. The number of aryl methyl sites for hydroxylation is 1. The maximum atomic E-state index is 14.4. The summed E-state index contributed by atoms with van der Waals surface area (Å²) in [6, 6.07) is 15.8. The second-order valence-corrected chi connectivity index (χ2v) is 13.3. The molecule has 3 heterocycles. The van der Waals surface area contributed by atoms with Crippen LogP contribution < -0.4 is 62.7 Å². The number of fused-ring (bicyclic) bond motifs is 1. The molecule has 244 valence electrons. The van der Waals surface area contributed by atoms with Crippen LogP contribution in [0.25, 0.3) is 28.3 Å². The molecule has 1 unspecified atom stereocenters. The first-order valence-electron chi connectivity index (χ1n) is 16.1. The summed E-state index contributed by atoms with van der Waals surface area (Å²) in [4.78, 5) is 33.2. The summed E-state index contributed by atoms with van der Waals surface area (Å²) in [7, 11) is 0. The number of aromatic nitrogens is 6. The smallest absolute Gasteiger partial charge is 1.00 e. The number of hydrogen-bond donors (Lipinski definition) is 2. The monoisotopic (exact) mass is 666 g/mol. The summed E-state index contributed by atoms with van der Waals surface area (Å²) >= 11 is 0. The van der Waals surface area contributed by atoms with E-state index in [4.69, 9.17) is 9.26 Å². The number of aliphatic hydroxyl groups is 1. The molecule has 2 aromatic carbocycles. The molecule has 1 aliphatic carbocycles. The molecule has 3 aromatic heterocycles. The van der Waals surface area contributed by atoms with Gasteiger partial charge >= 0.3 is 57.1 Å². The van der Waals surface area contributed by atoms with Crippen LogP contribution in [0.2, 0.25) is 0 Å². The van der Waals surface area contributed by atoms with Crippen LogP contribution in [-0.4, -0.2) is 51.7 Å². The number of benzene rings is 2. The van der Waals surface area contributed by atoms with Crippen molar-refractivity contribution in [3.05, 3.63) is 92.6 Å². The molecule has 1 aliphatic rings. The Morgan fingerprint density at radius 1 is 1.13 bits per heavy atom. The Labute approximate surface area is 317 Å². The van der Waals surface area contributed by atoms with Crippen molar-refractivity contribution in [3.8, 4) is 22.5 Å². The molecule has 6 rings (SSSR count). The molecule has 47 heavy (non-hydrogen) atoms. The molecule has 0 radical (unpaired) electrons. The molecule has 12 heteroatoms. The first-order chi connectivity index (χ1) is 22.0. The van der Waals surface area contributed by atoms with Crippen molar-refractivity contribution in [2.75, 3.05) is 0 Å². The van der Waals surface area contributed by atoms with Gasteiger partial charge in [0.25, 0.3) is 5.56 Å². The van der Waals surface area contributed by atoms with E-state index in [-0.39, 0.29) is 76.1 Å². The Morgan fingerprint density at radius 2 is 1.81 bits per heavy atom. The van der Waals surface area contributed by atoms with Gasteiger partial charge in [0, 0.05) is 23.6 Å².